The third-order valence-electron chi connectivity index (χ3n) is 5.15. The SMILES string of the molecule is Cc1cc(OC2CN(S(=O)(=O)CCc3ccccc3)C2)cc(=O)n1C1CC1. The Labute approximate surface area is 159 Å². The van der Waals surface area contributed by atoms with Gasteiger partial charge >= 0.3 is 0 Å². The summed E-state index contributed by atoms with van der Waals surface area (Å²) in [7, 11) is -3.29. The van der Waals surface area contributed by atoms with Crippen LogP contribution in [0.4, 0.5) is 0 Å². The topological polar surface area (TPSA) is 68.6 Å². The molecule has 7 heteroatoms. The van der Waals surface area contributed by atoms with Crippen molar-refractivity contribution < 1.29 is 13.2 Å². The second-order valence-electron chi connectivity index (χ2n) is 7.38. The number of hydrogen-bond donors (Lipinski definition) is 0. The van der Waals surface area contributed by atoms with Crippen LogP contribution < -0.4 is 10.3 Å². The van der Waals surface area contributed by atoms with Gasteiger partial charge in [-0.3, -0.25) is 4.79 Å². The average molecular weight is 388 g/mol. The van der Waals surface area contributed by atoms with Gasteiger partial charge in [0.15, 0.2) is 0 Å². The number of ether oxygens (including phenoxy) is 1. The van der Waals surface area contributed by atoms with Crippen molar-refractivity contribution in [2.45, 2.75) is 38.3 Å². The van der Waals surface area contributed by atoms with Crippen molar-refractivity contribution in [3.05, 3.63) is 64.1 Å². The van der Waals surface area contributed by atoms with Gasteiger partial charge in [0, 0.05) is 17.8 Å². The van der Waals surface area contributed by atoms with E-state index in [1.807, 2.05) is 47.9 Å². The molecular weight excluding hydrogens is 364 g/mol. The fourth-order valence-corrected chi connectivity index (χ4v) is 5.00. The van der Waals surface area contributed by atoms with Crippen LogP contribution in [0.5, 0.6) is 5.75 Å². The van der Waals surface area contributed by atoms with E-state index in [4.69, 9.17) is 4.74 Å². The highest BCUT2D eigenvalue weighted by atomic mass is 32.2. The summed E-state index contributed by atoms with van der Waals surface area (Å²) in [6.07, 6.45) is 2.41. The maximum Gasteiger partial charge on any atom is 0.254 e. The van der Waals surface area contributed by atoms with Crippen LogP contribution in [0.15, 0.2) is 47.3 Å². The van der Waals surface area contributed by atoms with Crippen LogP contribution in [-0.4, -0.2) is 42.2 Å². The van der Waals surface area contributed by atoms with E-state index in [1.54, 1.807) is 0 Å². The molecular formula is C20H24N2O4S. The smallest absolute Gasteiger partial charge is 0.254 e. The lowest BCUT2D eigenvalue weighted by Gasteiger charge is -2.37. The summed E-state index contributed by atoms with van der Waals surface area (Å²) < 4.78 is 34.0. The van der Waals surface area contributed by atoms with Crippen molar-refractivity contribution in [1.82, 2.24) is 8.87 Å². The Bertz CT molecular complexity index is 975. The Morgan fingerprint density at radius 2 is 1.81 bits per heavy atom. The van der Waals surface area contributed by atoms with Crippen LogP contribution >= 0.6 is 0 Å². The highest BCUT2D eigenvalue weighted by Crippen LogP contribution is 2.35. The molecule has 1 aliphatic carbocycles. The number of sulfonamides is 1. The average Bonchev–Trinajstić information content (AvgIpc) is 3.41. The molecule has 27 heavy (non-hydrogen) atoms. The van der Waals surface area contributed by atoms with Crippen molar-refractivity contribution in [2.24, 2.45) is 0 Å². The van der Waals surface area contributed by atoms with E-state index in [1.165, 1.54) is 10.4 Å². The normalized spacial score (nSPS) is 18.3. The Morgan fingerprint density at radius 3 is 2.44 bits per heavy atom. The number of pyridine rings is 1. The molecule has 2 heterocycles. The summed E-state index contributed by atoms with van der Waals surface area (Å²) in [4.78, 5) is 12.3. The van der Waals surface area contributed by atoms with Gasteiger partial charge in [-0.1, -0.05) is 30.3 Å². The van der Waals surface area contributed by atoms with E-state index in [2.05, 4.69) is 0 Å². The molecule has 0 radical (unpaired) electrons. The Hall–Kier alpha value is -2.12. The fraction of sp³-hybridized carbons (Fsp3) is 0.450. The molecule has 0 N–H and O–H groups in total. The minimum Gasteiger partial charge on any atom is -0.487 e. The predicted molar refractivity (Wildman–Crippen MR) is 104 cm³/mol. The van der Waals surface area contributed by atoms with E-state index in [0.29, 0.717) is 31.3 Å². The third kappa shape index (κ3) is 4.09. The standard InChI is InChI=1S/C20H24N2O4S/c1-15-11-18(12-20(23)22(15)17-7-8-17)26-19-13-21(14-19)27(24,25)10-9-16-5-3-2-4-6-16/h2-6,11-12,17,19H,7-10,13-14H2,1H3. The van der Waals surface area contributed by atoms with Crippen molar-refractivity contribution in [1.29, 1.82) is 0 Å². The summed E-state index contributed by atoms with van der Waals surface area (Å²) in [5, 5.41) is 0. The second-order valence-corrected chi connectivity index (χ2v) is 9.47. The van der Waals surface area contributed by atoms with Gasteiger partial charge in [-0.25, -0.2) is 8.42 Å². The first-order valence-electron chi connectivity index (χ1n) is 9.34. The van der Waals surface area contributed by atoms with Gasteiger partial charge in [-0.2, -0.15) is 4.31 Å². The number of benzene rings is 1. The molecule has 0 spiro atoms. The number of nitrogens with zero attached hydrogens (tertiary/aromatic N) is 2. The Balaban J connectivity index is 1.32. The van der Waals surface area contributed by atoms with Gasteiger partial charge in [-0.15, -0.1) is 0 Å². The largest absolute Gasteiger partial charge is 0.487 e. The summed E-state index contributed by atoms with van der Waals surface area (Å²) >= 11 is 0. The molecule has 2 aromatic rings. The first kappa shape index (κ1) is 18.3. The van der Waals surface area contributed by atoms with Gasteiger partial charge in [0.25, 0.3) is 5.56 Å². The molecule has 0 amide bonds. The maximum absolute atomic E-state index is 12.4. The number of hydrogen-bond acceptors (Lipinski definition) is 4. The van der Waals surface area contributed by atoms with Crippen LogP contribution in [0, 0.1) is 6.92 Å². The molecule has 0 bridgehead atoms. The van der Waals surface area contributed by atoms with Crippen molar-refractivity contribution in [2.75, 3.05) is 18.8 Å². The fourth-order valence-electron chi connectivity index (χ4n) is 3.47. The van der Waals surface area contributed by atoms with Crippen molar-refractivity contribution >= 4 is 10.0 Å². The van der Waals surface area contributed by atoms with Crippen LogP contribution in [0.2, 0.25) is 0 Å². The van der Waals surface area contributed by atoms with Crippen LogP contribution in [0.25, 0.3) is 0 Å². The van der Waals surface area contributed by atoms with Crippen molar-refractivity contribution in [3.8, 4) is 5.75 Å². The predicted octanol–water partition coefficient (Wildman–Crippen LogP) is 2.13. The van der Waals surface area contributed by atoms with Gasteiger partial charge < -0.3 is 9.30 Å². The summed E-state index contributed by atoms with van der Waals surface area (Å²) in [5.41, 5.74) is 1.87. The zero-order valence-electron chi connectivity index (χ0n) is 15.4. The monoisotopic (exact) mass is 388 g/mol. The van der Waals surface area contributed by atoms with E-state index >= 15 is 0 Å². The number of aromatic nitrogens is 1. The first-order chi connectivity index (χ1) is 12.9. The molecule has 1 aromatic heterocycles. The molecule has 1 aliphatic heterocycles. The van der Waals surface area contributed by atoms with Gasteiger partial charge in [0.2, 0.25) is 10.0 Å². The van der Waals surface area contributed by atoms with Crippen LogP contribution in [0.1, 0.15) is 30.1 Å². The molecule has 0 atom stereocenters. The zero-order chi connectivity index (χ0) is 19.0. The molecule has 6 nitrogen and oxygen atoms in total. The first-order valence-corrected chi connectivity index (χ1v) is 10.9. The molecule has 2 aliphatic rings. The lowest BCUT2D eigenvalue weighted by Crippen LogP contribution is -2.56. The lowest BCUT2D eigenvalue weighted by molar-refractivity contribution is 0.0759. The third-order valence-corrected chi connectivity index (χ3v) is 6.95. The quantitative estimate of drug-likeness (QED) is 0.729. The highest BCUT2D eigenvalue weighted by molar-refractivity contribution is 7.89. The van der Waals surface area contributed by atoms with E-state index < -0.39 is 10.0 Å². The summed E-state index contributed by atoms with van der Waals surface area (Å²) in [5.74, 6) is 0.626. The molecule has 2 fully saturated rings. The van der Waals surface area contributed by atoms with Gasteiger partial charge in [0.1, 0.15) is 11.9 Å². The van der Waals surface area contributed by atoms with Crippen LogP contribution in [-0.2, 0) is 16.4 Å². The molecule has 4 rings (SSSR count). The molecule has 144 valence electrons. The summed E-state index contributed by atoms with van der Waals surface area (Å²) in [6.45, 7) is 2.58. The van der Waals surface area contributed by atoms with E-state index in [-0.39, 0.29) is 17.4 Å². The molecule has 1 saturated heterocycles. The van der Waals surface area contributed by atoms with E-state index in [9.17, 15) is 13.2 Å². The second kappa shape index (κ2) is 7.13. The Kier molecular flexibility index (Phi) is 4.82. The Morgan fingerprint density at radius 1 is 1.11 bits per heavy atom. The number of rotatable bonds is 7. The minimum absolute atomic E-state index is 0.0424. The highest BCUT2D eigenvalue weighted by Gasteiger charge is 2.37. The minimum atomic E-state index is -3.29. The molecule has 0 unspecified atom stereocenters. The zero-order valence-corrected chi connectivity index (χ0v) is 16.2. The summed E-state index contributed by atoms with van der Waals surface area (Å²) in [6, 6.07) is 13.3. The molecule has 1 saturated carbocycles. The lowest BCUT2D eigenvalue weighted by atomic mass is 10.2. The van der Waals surface area contributed by atoms with Gasteiger partial charge in [-0.05, 0) is 37.8 Å². The molecule has 1 aromatic carbocycles. The van der Waals surface area contributed by atoms with Crippen LogP contribution in [0.3, 0.4) is 0 Å². The van der Waals surface area contributed by atoms with Gasteiger partial charge in [0.05, 0.1) is 18.8 Å². The van der Waals surface area contributed by atoms with E-state index in [0.717, 1.165) is 24.1 Å². The van der Waals surface area contributed by atoms with Crippen molar-refractivity contribution in [3.63, 3.8) is 0 Å². The maximum atomic E-state index is 12.4. The number of aryl methyl sites for hydroxylation is 2.